The van der Waals surface area contributed by atoms with Crippen LogP contribution in [0.3, 0.4) is 0 Å². The molecule has 2 aromatic carbocycles. The minimum absolute atomic E-state index is 0.671. The van der Waals surface area contributed by atoms with Crippen molar-refractivity contribution in [3.05, 3.63) is 59.7 Å². The van der Waals surface area contributed by atoms with Gasteiger partial charge in [0.15, 0.2) is 0 Å². The molecule has 0 unspecified atom stereocenters. The molecular formula is C14H10N. The maximum Gasteiger partial charge on any atom is 0.0991 e. The predicted octanol–water partition coefficient (Wildman–Crippen LogP) is 3.33. The number of rotatable bonds is 1. The molecule has 0 N–H and O–H groups in total. The third-order valence-electron chi connectivity index (χ3n) is 2.29. The number of nitriles is 1. The Hall–Kier alpha value is -2.07. The van der Waals surface area contributed by atoms with Crippen molar-refractivity contribution in [2.24, 2.45) is 0 Å². The van der Waals surface area contributed by atoms with Crippen LogP contribution in [0.5, 0.6) is 0 Å². The molecule has 0 saturated heterocycles. The lowest BCUT2D eigenvalue weighted by Gasteiger charge is -2.01. The summed E-state index contributed by atoms with van der Waals surface area (Å²) >= 11 is 0. The molecule has 0 aliphatic heterocycles. The quantitative estimate of drug-likeness (QED) is 0.679. The fraction of sp³-hybridized carbons (Fsp3) is 0.0714. The summed E-state index contributed by atoms with van der Waals surface area (Å²) in [6.45, 7) is 2.05. The van der Waals surface area contributed by atoms with Gasteiger partial charge in [-0.1, -0.05) is 35.9 Å². The largest absolute Gasteiger partial charge is 0.192 e. The van der Waals surface area contributed by atoms with E-state index in [1.54, 1.807) is 12.1 Å². The van der Waals surface area contributed by atoms with E-state index in [4.69, 9.17) is 5.26 Å². The van der Waals surface area contributed by atoms with Crippen LogP contribution in [0, 0.1) is 24.3 Å². The first-order valence-corrected chi connectivity index (χ1v) is 4.78. The number of hydrogen-bond donors (Lipinski definition) is 0. The van der Waals surface area contributed by atoms with Gasteiger partial charge in [-0.25, -0.2) is 0 Å². The number of aryl methyl sites for hydroxylation is 1. The molecule has 0 aromatic heterocycles. The SMILES string of the molecule is Cc1ccc(-c2[c]ccc(C#N)c2)cc1. The van der Waals surface area contributed by atoms with Crippen LogP contribution in [0.1, 0.15) is 11.1 Å². The van der Waals surface area contributed by atoms with Crippen LogP contribution in [-0.4, -0.2) is 0 Å². The highest BCUT2D eigenvalue weighted by Crippen LogP contribution is 2.19. The number of benzene rings is 2. The Morgan fingerprint density at radius 2 is 1.87 bits per heavy atom. The van der Waals surface area contributed by atoms with Gasteiger partial charge in [-0.3, -0.25) is 0 Å². The second kappa shape index (κ2) is 3.98. The van der Waals surface area contributed by atoms with Crippen molar-refractivity contribution in [2.45, 2.75) is 6.92 Å². The molecule has 0 saturated carbocycles. The van der Waals surface area contributed by atoms with Crippen molar-refractivity contribution in [3.8, 4) is 17.2 Å². The highest BCUT2D eigenvalue weighted by molar-refractivity contribution is 5.64. The van der Waals surface area contributed by atoms with E-state index in [0.29, 0.717) is 5.56 Å². The summed E-state index contributed by atoms with van der Waals surface area (Å²) in [5.74, 6) is 0. The van der Waals surface area contributed by atoms with Crippen molar-refractivity contribution < 1.29 is 0 Å². The summed E-state index contributed by atoms with van der Waals surface area (Å²) in [4.78, 5) is 0. The number of nitrogens with zero attached hydrogens (tertiary/aromatic N) is 1. The summed E-state index contributed by atoms with van der Waals surface area (Å²) in [5.41, 5.74) is 3.96. The zero-order chi connectivity index (χ0) is 10.7. The number of hydrogen-bond acceptors (Lipinski definition) is 1. The smallest absolute Gasteiger partial charge is 0.0991 e. The van der Waals surface area contributed by atoms with E-state index in [2.05, 4.69) is 31.2 Å². The van der Waals surface area contributed by atoms with Gasteiger partial charge in [-0.2, -0.15) is 5.26 Å². The molecule has 1 heteroatoms. The lowest BCUT2D eigenvalue weighted by Crippen LogP contribution is -1.80. The topological polar surface area (TPSA) is 23.8 Å². The minimum Gasteiger partial charge on any atom is -0.192 e. The Morgan fingerprint density at radius 3 is 2.53 bits per heavy atom. The van der Waals surface area contributed by atoms with Gasteiger partial charge in [0.1, 0.15) is 0 Å². The fourth-order valence-corrected chi connectivity index (χ4v) is 1.44. The molecule has 0 fully saturated rings. The zero-order valence-corrected chi connectivity index (χ0v) is 8.49. The minimum atomic E-state index is 0.671. The molecule has 0 heterocycles. The lowest BCUT2D eigenvalue weighted by molar-refractivity contribution is 1.45. The van der Waals surface area contributed by atoms with Gasteiger partial charge in [0.05, 0.1) is 11.6 Å². The summed E-state index contributed by atoms with van der Waals surface area (Å²) in [7, 11) is 0. The van der Waals surface area contributed by atoms with Crippen molar-refractivity contribution in [1.29, 1.82) is 5.26 Å². The molecule has 2 aromatic rings. The monoisotopic (exact) mass is 192 g/mol. The summed E-state index contributed by atoms with van der Waals surface area (Å²) in [5, 5.41) is 8.79. The summed E-state index contributed by atoms with van der Waals surface area (Å²) < 4.78 is 0. The molecule has 71 valence electrons. The molecule has 0 bridgehead atoms. The normalized spacial score (nSPS) is 9.60. The van der Waals surface area contributed by atoms with Gasteiger partial charge in [0, 0.05) is 0 Å². The van der Waals surface area contributed by atoms with Gasteiger partial charge in [-0.05, 0) is 36.2 Å². The third-order valence-corrected chi connectivity index (χ3v) is 2.29. The molecule has 1 nitrogen and oxygen atoms in total. The third kappa shape index (κ3) is 2.05. The second-order valence-corrected chi connectivity index (χ2v) is 3.47. The van der Waals surface area contributed by atoms with Crippen LogP contribution in [0.4, 0.5) is 0 Å². The standard InChI is InChI=1S/C14H10N/c1-11-5-7-13(8-6-11)14-4-2-3-12(9-14)10-15/h2-3,5-9H,1H3. The Kier molecular flexibility index (Phi) is 2.51. The molecule has 0 aliphatic carbocycles. The van der Waals surface area contributed by atoms with Crippen LogP contribution < -0.4 is 0 Å². The maximum absolute atomic E-state index is 8.79. The molecule has 0 aliphatic rings. The van der Waals surface area contributed by atoms with Crippen LogP contribution in [0.25, 0.3) is 11.1 Å². The second-order valence-electron chi connectivity index (χ2n) is 3.47. The zero-order valence-electron chi connectivity index (χ0n) is 8.49. The average molecular weight is 192 g/mol. The molecule has 0 amide bonds. The Morgan fingerprint density at radius 1 is 1.13 bits per heavy atom. The van der Waals surface area contributed by atoms with Crippen molar-refractivity contribution in [3.63, 3.8) is 0 Å². The van der Waals surface area contributed by atoms with Crippen LogP contribution in [-0.2, 0) is 0 Å². The van der Waals surface area contributed by atoms with Crippen LogP contribution >= 0.6 is 0 Å². The van der Waals surface area contributed by atoms with E-state index >= 15 is 0 Å². The molecular weight excluding hydrogens is 182 g/mol. The first-order chi connectivity index (χ1) is 7.29. The average Bonchev–Trinajstić information content (AvgIpc) is 2.30. The molecule has 0 spiro atoms. The van der Waals surface area contributed by atoms with E-state index in [1.165, 1.54) is 5.56 Å². The Balaban J connectivity index is 2.46. The van der Waals surface area contributed by atoms with Gasteiger partial charge in [-0.15, -0.1) is 0 Å². The summed E-state index contributed by atoms with van der Waals surface area (Å²) in [6.07, 6.45) is 0. The highest BCUT2D eigenvalue weighted by atomic mass is 14.2. The van der Waals surface area contributed by atoms with Gasteiger partial charge in [0.25, 0.3) is 0 Å². The van der Waals surface area contributed by atoms with Crippen molar-refractivity contribution in [1.82, 2.24) is 0 Å². The Labute approximate surface area is 89.6 Å². The first-order valence-electron chi connectivity index (χ1n) is 4.78. The first kappa shape index (κ1) is 9.48. The Bertz CT molecular complexity index is 504. The van der Waals surface area contributed by atoms with Crippen LogP contribution in [0.15, 0.2) is 42.5 Å². The fourth-order valence-electron chi connectivity index (χ4n) is 1.44. The lowest BCUT2D eigenvalue weighted by atomic mass is 10.0. The van der Waals surface area contributed by atoms with Crippen molar-refractivity contribution in [2.75, 3.05) is 0 Å². The van der Waals surface area contributed by atoms with E-state index in [-0.39, 0.29) is 0 Å². The molecule has 2 rings (SSSR count). The van der Waals surface area contributed by atoms with E-state index < -0.39 is 0 Å². The maximum atomic E-state index is 8.79. The molecule has 0 atom stereocenters. The van der Waals surface area contributed by atoms with Gasteiger partial charge < -0.3 is 0 Å². The molecule has 1 radical (unpaired) electrons. The van der Waals surface area contributed by atoms with Crippen molar-refractivity contribution >= 4 is 0 Å². The highest BCUT2D eigenvalue weighted by Gasteiger charge is 1.98. The van der Waals surface area contributed by atoms with E-state index in [0.717, 1.165) is 11.1 Å². The van der Waals surface area contributed by atoms with Gasteiger partial charge in [0.2, 0.25) is 0 Å². The summed E-state index contributed by atoms with van der Waals surface area (Å²) in [6, 6.07) is 18.9. The molecule has 15 heavy (non-hydrogen) atoms. The van der Waals surface area contributed by atoms with Crippen LogP contribution in [0.2, 0.25) is 0 Å². The van der Waals surface area contributed by atoms with E-state index in [9.17, 15) is 0 Å². The predicted molar refractivity (Wildman–Crippen MR) is 60.2 cm³/mol. The van der Waals surface area contributed by atoms with E-state index in [1.807, 2.05) is 18.2 Å². The van der Waals surface area contributed by atoms with Gasteiger partial charge >= 0.3 is 0 Å².